The van der Waals surface area contributed by atoms with E-state index in [1.54, 1.807) is 6.07 Å². The lowest BCUT2D eigenvalue weighted by Gasteiger charge is -2.45. The van der Waals surface area contributed by atoms with E-state index in [2.05, 4.69) is 12.3 Å². The van der Waals surface area contributed by atoms with Crippen molar-refractivity contribution in [2.75, 3.05) is 6.61 Å². The van der Waals surface area contributed by atoms with E-state index in [-0.39, 0.29) is 11.6 Å². The number of nitrogens with one attached hydrogen (secondary N) is 1. The van der Waals surface area contributed by atoms with Gasteiger partial charge in [-0.2, -0.15) is 0 Å². The molecule has 0 aliphatic heterocycles. The summed E-state index contributed by atoms with van der Waals surface area (Å²) in [4.78, 5) is 0. The molecule has 21 heavy (non-hydrogen) atoms. The molecule has 0 radical (unpaired) electrons. The summed E-state index contributed by atoms with van der Waals surface area (Å²) in [5, 5.41) is 1.10. The first-order valence-corrected chi connectivity index (χ1v) is 8.33. The number of halogens is 2. The summed E-state index contributed by atoms with van der Waals surface area (Å²) in [5.74, 6) is 6.49. The monoisotopic (exact) mass is 330 g/mol. The Morgan fingerprint density at radius 3 is 2.86 bits per heavy atom. The van der Waals surface area contributed by atoms with Gasteiger partial charge in [-0.3, -0.25) is 11.3 Å². The number of ether oxygens (including phenoxy) is 1. The molecule has 0 spiro atoms. The van der Waals surface area contributed by atoms with Gasteiger partial charge in [0.15, 0.2) is 0 Å². The molecule has 3 unspecified atom stereocenters. The Kier molecular flexibility index (Phi) is 5.92. The van der Waals surface area contributed by atoms with Crippen molar-refractivity contribution in [3.63, 3.8) is 0 Å². The largest absolute Gasteiger partial charge is 0.373 e. The zero-order valence-electron chi connectivity index (χ0n) is 12.7. The van der Waals surface area contributed by atoms with E-state index >= 15 is 0 Å². The minimum Gasteiger partial charge on any atom is -0.373 e. The van der Waals surface area contributed by atoms with E-state index in [1.807, 2.05) is 19.1 Å². The van der Waals surface area contributed by atoms with Crippen molar-refractivity contribution in [3.8, 4) is 0 Å². The Labute approximate surface area is 137 Å². The van der Waals surface area contributed by atoms with Gasteiger partial charge in [-0.15, -0.1) is 0 Å². The van der Waals surface area contributed by atoms with Crippen molar-refractivity contribution < 1.29 is 4.74 Å². The molecule has 3 nitrogen and oxygen atoms in total. The highest BCUT2D eigenvalue weighted by Gasteiger charge is 2.44. The van der Waals surface area contributed by atoms with Crippen LogP contribution in [0.1, 0.15) is 51.1 Å². The lowest BCUT2D eigenvalue weighted by Crippen LogP contribution is -2.51. The van der Waals surface area contributed by atoms with Crippen molar-refractivity contribution in [3.05, 3.63) is 33.8 Å². The van der Waals surface area contributed by atoms with E-state index in [9.17, 15) is 0 Å². The third-order valence-corrected chi connectivity index (χ3v) is 5.24. The first-order chi connectivity index (χ1) is 10.0. The maximum atomic E-state index is 6.40. The molecule has 1 aromatic rings. The standard InChI is InChI=1S/C16H24Cl2N2O/c1-3-21-16(9-5-6-11(2)10-16)15(20-19)12-7-4-8-13(17)14(12)18/h4,7-8,11,15,20H,3,5-6,9-10,19H2,1-2H3. The molecular formula is C16H24Cl2N2O. The Hall–Kier alpha value is -0.320. The zero-order valence-corrected chi connectivity index (χ0v) is 14.2. The van der Waals surface area contributed by atoms with E-state index in [0.717, 1.165) is 24.8 Å². The summed E-state index contributed by atoms with van der Waals surface area (Å²) >= 11 is 12.6. The average molecular weight is 331 g/mol. The minimum absolute atomic E-state index is 0.161. The van der Waals surface area contributed by atoms with Crippen LogP contribution in [0.15, 0.2) is 18.2 Å². The second-order valence-corrected chi connectivity index (χ2v) is 6.73. The molecule has 0 heterocycles. The van der Waals surface area contributed by atoms with E-state index < -0.39 is 0 Å². The maximum absolute atomic E-state index is 6.40. The van der Waals surface area contributed by atoms with Gasteiger partial charge in [0.1, 0.15) is 0 Å². The molecule has 0 bridgehead atoms. The van der Waals surface area contributed by atoms with Crippen LogP contribution in [0.3, 0.4) is 0 Å². The van der Waals surface area contributed by atoms with Crippen LogP contribution >= 0.6 is 23.2 Å². The number of nitrogens with two attached hydrogens (primary N) is 1. The van der Waals surface area contributed by atoms with E-state index in [1.165, 1.54) is 6.42 Å². The molecule has 0 saturated heterocycles. The molecule has 1 saturated carbocycles. The summed E-state index contributed by atoms with van der Waals surface area (Å²) in [7, 11) is 0. The van der Waals surface area contributed by atoms with Crippen LogP contribution in [0, 0.1) is 5.92 Å². The van der Waals surface area contributed by atoms with Gasteiger partial charge in [0.25, 0.3) is 0 Å². The maximum Gasteiger partial charge on any atom is 0.0892 e. The lowest BCUT2D eigenvalue weighted by atomic mass is 9.73. The van der Waals surface area contributed by atoms with Crippen LogP contribution in [0.4, 0.5) is 0 Å². The summed E-state index contributed by atoms with van der Waals surface area (Å²) in [5.41, 5.74) is 3.52. The first kappa shape index (κ1) is 17.0. The zero-order chi connectivity index (χ0) is 15.5. The highest BCUT2D eigenvalue weighted by molar-refractivity contribution is 6.42. The number of hydrogen-bond donors (Lipinski definition) is 2. The molecule has 0 aromatic heterocycles. The summed E-state index contributed by atoms with van der Waals surface area (Å²) in [6.07, 6.45) is 4.31. The van der Waals surface area contributed by atoms with Crippen molar-refractivity contribution in [2.45, 2.75) is 51.2 Å². The molecule has 3 atom stereocenters. The molecule has 3 N–H and O–H groups in total. The third-order valence-electron chi connectivity index (χ3n) is 4.41. The molecule has 2 rings (SSSR count). The fourth-order valence-electron chi connectivity index (χ4n) is 3.58. The Morgan fingerprint density at radius 2 is 2.24 bits per heavy atom. The lowest BCUT2D eigenvalue weighted by molar-refractivity contribution is -0.102. The van der Waals surface area contributed by atoms with Gasteiger partial charge < -0.3 is 4.74 Å². The van der Waals surface area contributed by atoms with Gasteiger partial charge in [-0.25, -0.2) is 0 Å². The average Bonchev–Trinajstić information content (AvgIpc) is 2.44. The summed E-state index contributed by atoms with van der Waals surface area (Å²) < 4.78 is 6.20. The van der Waals surface area contributed by atoms with Crippen molar-refractivity contribution >= 4 is 23.2 Å². The number of rotatable bonds is 5. The third kappa shape index (κ3) is 3.54. The van der Waals surface area contributed by atoms with Crippen LogP contribution in [-0.4, -0.2) is 12.2 Å². The molecule has 1 aliphatic carbocycles. The Bertz CT molecular complexity index is 479. The highest BCUT2D eigenvalue weighted by atomic mass is 35.5. The highest BCUT2D eigenvalue weighted by Crippen LogP contribution is 2.45. The number of hydrazine groups is 1. The predicted octanol–water partition coefficient (Wildman–Crippen LogP) is 4.48. The Morgan fingerprint density at radius 1 is 1.48 bits per heavy atom. The van der Waals surface area contributed by atoms with Crippen molar-refractivity contribution in [1.29, 1.82) is 0 Å². The second-order valence-electron chi connectivity index (χ2n) is 5.94. The van der Waals surface area contributed by atoms with Gasteiger partial charge in [0.2, 0.25) is 0 Å². The van der Waals surface area contributed by atoms with Gasteiger partial charge in [0, 0.05) is 6.61 Å². The first-order valence-electron chi connectivity index (χ1n) is 7.58. The fourth-order valence-corrected chi connectivity index (χ4v) is 3.99. The normalized spacial score (nSPS) is 27.6. The summed E-state index contributed by atoms with van der Waals surface area (Å²) in [6, 6.07) is 5.50. The predicted molar refractivity (Wildman–Crippen MR) is 88.5 cm³/mol. The minimum atomic E-state index is -0.324. The molecule has 0 amide bonds. The van der Waals surface area contributed by atoms with Crippen LogP contribution in [0.2, 0.25) is 10.0 Å². The van der Waals surface area contributed by atoms with E-state index in [0.29, 0.717) is 22.6 Å². The molecule has 1 fully saturated rings. The number of hydrogen-bond acceptors (Lipinski definition) is 3. The molecule has 118 valence electrons. The smallest absolute Gasteiger partial charge is 0.0892 e. The van der Waals surface area contributed by atoms with Gasteiger partial charge in [0.05, 0.1) is 21.7 Å². The van der Waals surface area contributed by atoms with Crippen LogP contribution in [0.25, 0.3) is 0 Å². The SMILES string of the molecule is CCOC1(C(NN)c2cccc(Cl)c2Cl)CCCC(C)C1. The van der Waals surface area contributed by atoms with Crippen molar-refractivity contribution in [1.82, 2.24) is 5.43 Å². The Balaban J connectivity index is 2.42. The van der Waals surface area contributed by atoms with Crippen molar-refractivity contribution in [2.24, 2.45) is 11.8 Å². The quantitative estimate of drug-likeness (QED) is 0.618. The van der Waals surface area contributed by atoms with Crippen LogP contribution < -0.4 is 11.3 Å². The fraction of sp³-hybridized carbons (Fsp3) is 0.625. The topological polar surface area (TPSA) is 47.3 Å². The van der Waals surface area contributed by atoms with E-state index in [4.69, 9.17) is 33.8 Å². The second kappa shape index (κ2) is 7.30. The molecule has 1 aliphatic rings. The summed E-state index contributed by atoms with van der Waals surface area (Å²) in [6.45, 7) is 4.94. The van der Waals surface area contributed by atoms with Crippen LogP contribution in [0.5, 0.6) is 0 Å². The van der Waals surface area contributed by atoms with Gasteiger partial charge >= 0.3 is 0 Å². The molecule has 5 heteroatoms. The number of benzene rings is 1. The van der Waals surface area contributed by atoms with Gasteiger partial charge in [-0.1, -0.05) is 55.1 Å². The molecular weight excluding hydrogens is 307 g/mol. The van der Waals surface area contributed by atoms with Crippen LogP contribution in [-0.2, 0) is 4.74 Å². The molecule has 1 aromatic carbocycles. The van der Waals surface area contributed by atoms with Gasteiger partial charge in [-0.05, 0) is 37.3 Å².